The van der Waals surface area contributed by atoms with Crippen molar-refractivity contribution in [2.75, 3.05) is 32.9 Å². The zero-order valence-electron chi connectivity index (χ0n) is 12.1. The van der Waals surface area contributed by atoms with E-state index in [1.54, 1.807) is 0 Å². The van der Waals surface area contributed by atoms with Gasteiger partial charge in [0.15, 0.2) is 0 Å². The zero-order valence-corrected chi connectivity index (χ0v) is 12.1. The lowest BCUT2D eigenvalue weighted by molar-refractivity contribution is -0.126. The molecule has 1 amide bonds. The van der Waals surface area contributed by atoms with Gasteiger partial charge in [-0.2, -0.15) is 0 Å². The molecule has 0 aliphatic carbocycles. The van der Waals surface area contributed by atoms with Crippen molar-refractivity contribution in [2.24, 2.45) is 0 Å². The predicted octanol–water partition coefficient (Wildman–Crippen LogP) is 0.787. The molecule has 1 fully saturated rings. The molecule has 0 radical (unpaired) electrons. The Hall–Kier alpha value is -1.59. The Labute approximate surface area is 119 Å². The van der Waals surface area contributed by atoms with Gasteiger partial charge in [-0.25, -0.2) is 0 Å². The van der Waals surface area contributed by atoms with Crippen LogP contribution in [0.15, 0.2) is 18.2 Å². The molecule has 1 aromatic rings. The van der Waals surface area contributed by atoms with Crippen molar-refractivity contribution in [1.82, 2.24) is 10.6 Å². The van der Waals surface area contributed by atoms with Crippen molar-refractivity contribution in [3.8, 4) is 5.75 Å². The monoisotopic (exact) mass is 278 g/mol. The molecule has 0 bridgehead atoms. The van der Waals surface area contributed by atoms with E-state index >= 15 is 0 Å². The fraction of sp³-hybridized carbons (Fsp3) is 0.533. The zero-order chi connectivity index (χ0) is 14.4. The van der Waals surface area contributed by atoms with Gasteiger partial charge in [-0.15, -0.1) is 0 Å². The standard InChI is InChI=1S/C15H22N2O3/c1-11-4-3-5-12(2)14(11)20-9-7-17-15(18)13-10-19-8-6-16-13/h3-5,13,16H,6-10H2,1-2H3,(H,17,18). The van der Waals surface area contributed by atoms with Crippen LogP contribution < -0.4 is 15.4 Å². The van der Waals surface area contributed by atoms with Crippen LogP contribution in [0.1, 0.15) is 11.1 Å². The maximum absolute atomic E-state index is 11.8. The van der Waals surface area contributed by atoms with Crippen LogP contribution in [0.3, 0.4) is 0 Å². The number of amides is 1. The molecular weight excluding hydrogens is 256 g/mol. The lowest BCUT2D eigenvalue weighted by Gasteiger charge is -2.23. The van der Waals surface area contributed by atoms with Crippen molar-refractivity contribution in [2.45, 2.75) is 19.9 Å². The first-order chi connectivity index (χ1) is 9.68. The van der Waals surface area contributed by atoms with Crippen LogP contribution in [-0.4, -0.2) is 44.9 Å². The number of carbonyl (C=O) groups excluding carboxylic acids is 1. The van der Waals surface area contributed by atoms with Crippen LogP contribution in [0.4, 0.5) is 0 Å². The summed E-state index contributed by atoms with van der Waals surface area (Å²) < 4.78 is 11.0. The maximum Gasteiger partial charge on any atom is 0.239 e. The fourth-order valence-electron chi connectivity index (χ4n) is 2.21. The molecule has 0 aromatic heterocycles. The summed E-state index contributed by atoms with van der Waals surface area (Å²) in [4.78, 5) is 11.8. The first kappa shape index (κ1) is 14.8. The molecule has 1 unspecified atom stereocenters. The molecule has 1 saturated heterocycles. The summed E-state index contributed by atoms with van der Waals surface area (Å²) >= 11 is 0. The summed E-state index contributed by atoms with van der Waals surface area (Å²) in [6, 6.07) is 5.80. The first-order valence-electron chi connectivity index (χ1n) is 6.96. The van der Waals surface area contributed by atoms with E-state index < -0.39 is 0 Å². The van der Waals surface area contributed by atoms with Crippen molar-refractivity contribution in [1.29, 1.82) is 0 Å². The highest BCUT2D eigenvalue weighted by atomic mass is 16.5. The third-order valence-corrected chi connectivity index (χ3v) is 3.29. The molecule has 5 heteroatoms. The normalized spacial score (nSPS) is 18.6. The number of morpholine rings is 1. The third kappa shape index (κ3) is 3.95. The quantitative estimate of drug-likeness (QED) is 0.782. The molecule has 5 nitrogen and oxygen atoms in total. The highest BCUT2D eigenvalue weighted by Crippen LogP contribution is 2.21. The molecule has 110 valence electrons. The Bertz CT molecular complexity index is 436. The van der Waals surface area contributed by atoms with Crippen molar-refractivity contribution < 1.29 is 14.3 Å². The van der Waals surface area contributed by atoms with Crippen LogP contribution in [0, 0.1) is 13.8 Å². The van der Waals surface area contributed by atoms with Gasteiger partial charge in [0.25, 0.3) is 0 Å². The van der Waals surface area contributed by atoms with Crippen LogP contribution in [0.25, 0.3) is 0 Å². The predicted molar refractivity (Wildman–Crippen MR) is 77.0 cm³/mol. The van der Waals surface area contributed by atoms with Crippen LogP contribution in [-0.2, 0) is 9.53 Å². The van der Waals surface area contributed by atoms with Crippen LogP contribution in [0.2, 0.25) is 0 Å². The second kappa shape index (κ2) is 7.26. The number of rotatable bonds is 5. The number of hydrogen-bond acceptors (Lipinski definition) is 4. The smallest absolute Gasteiger partial charge is 0.239 e. The average Bonchev–Trinajstić information content (AvgIpc) is 2.46. The summed E-state index contributed by atoms with van der Waals surface area (Å²) in [6.45, 7) is 6.81. The topological polar surface area (TPSA) is 59.6 Å². The number of ether oxygens (including phenoxy) is 2. The Balaban J connectivity index is 1.72. The van der Waals surface area contributed by atoms with E-state index in [0.29, 0.717) is 26.4 Å². The summed E-state index contributed by atoms with van der Waals surface area (Å²) in [5.74, 6) is 0.871. The number of carbonyl (C=O) groups is 1. The van der Waals surface area contributed by atoms with Crippen LogP contribution >= 0.6 is 0 Å². The molecule has 2 rings (SSSR count). The first-order valence-corrected chi connectivity index (χ1v) is 6.96. The second-order valence-electron chi connectivity index (χ2n) is 4.94. The molecular formula is C15H22N2O3. The molecule has 1 atom stereocenters. The van der Waals surface area contributed by atoms with Gasteiger partial charge in [0.2, 0.25) is 5.91 Å². The highest BCUT2D eigenvalue weighted by Gasteiger charge is 2.20. The van der Waals surface area contributed by atoms with E-state index in [4.69, 9.17) is 9.47 Å². The highest BCUT2D eigenvalue weighted by molar-refractivity contribution is 5.81. The van der Waals surface area contributed by atoms with Gasteiger partial charge in [0, 0.05) is 6.54 Å². The van der Waals surface area contributed by atoms with Crippen LogP contribution in [0.5, 0.6) is 5.75 Å². The Morgan fingerprint density at radius 2 is 2.20 bits per heavy atom. The molecule has 0 spiro atoms. The van der Waals surface area contributed by atoms with Gasteiger partial charge in [0.1, 0.15) is 18.4 Å². The summed E-state index contributed by atoms with van der Waals surface area (Å²) in [5.41, 5.74) is 2.22. The van der Waals surface area contributed by atoms with E-state index in [0.717, 1.165) is 23.4 Å². The Morgan fingerprint density at radius 1 is 1.45 bits per heavy atom. The molecule has 20 heavy (non-hydrogen) atoms. The summed E-state index contributed by atoms with van der Waals surface area (Å²) in [6.07, 6.45) is 0. The Morgan fingerprint density at radius 3 is 2.85 bits per heavy atom. The third-order valence-electron chi connectivity index (χ3n) is 3.29. The fourth-order valence-corrected chi connectivity index (χ4v) is 2.21. The minimum atomic E-state index is -0.246. The van der Waals surface area contributed by atoms with E-state index in [-0.39, 0.29) is 11.9 Å². The number of benzene rings is 1. The van der Waals surface area contributed by atoms with Gasteiger partial charge in [-0.1, -0.05) is 18.2 Å². The van der Waals surface area contributed by atoms with E-state index in [2.05, 4.69) is 10.6 Å². The minimum absolute atomic E-state index is 0.0326. The Kier molecular flexibility index (Phi) is 5.38. The summed E-state index contributed by atoms with van der Waals surface area (Å²) in [7, 11) is 0. The van der Waals surface area contributed by atoms with E-state index in [9.17, 15) is 4.79 Å². The molecule has 1 aliphatic rings. The van der Waals surface area contributed by atoms with Gasteiger partial charge in [-0.05, 0) is 25.0 Å². The lowest BCUT2D eigenvalue weighted by Crippen LogP contribution is -2.51. The summed E-state index contributed by atoms with van der Waals surface area (Å²) in [5, 5.41) is 5.97. The number of para-hydroxylation sites is 1. The van der Waals surface area contributed by atoms with Gasteiger partial charge in [-0.3, -0.25) is 4.79 Å². The molecule has 1 aliphatic heterocycles. The minimum Gasteiger partial charge on any atom is -0.491 e. The van der Waals surface area contributed by atoms with Gasteiger partial charge in [0.05, 0.1) is 19.8 Å². The van der Waals surface area contributed by atoms with Crippen molar-refractivity contribution >= 4 is 5.91 Å². The maximum atomic E-state index is 11.8. The van der Waals surface area contributed by atoms with Gasteiger partial charge >= 0.3 is 0 Å². The second-order valence-corrected chi connectivity index (χ2v) is 4.94. The largest absolute Gasteiger partial charge is 0.491 e. The molecule has 1 heterocycles. The van der Waals surface area contributed by atoms with E-state index in [1.165, 1.54) is 0 Å². The lowest BCUT2D eigenvalue weighted by atomic mass is 10.1. The molecule has 1 aromatic carbocycles. The van der Waals surface area contributed by atoms with Gasteiger partial charge < -0.3 is 20.1 Å². The van der Waals surface area contributed by atoms with Crippen molar-refractivity contribution in [3.05, 3.63) is 29.3 Å². The molecule has 0 saturated carbocycles. The number of aryl methyl sites for hydroxylation is 2. The average molecular weight is 278 g/mol. The molecule has 2 N–H and O–H groups in total. The SMILES string of the molecule is Cc1cccc(C)c1OCCNC(=O)C1COCCN1. The van der Waals surface area contributed by atoms with E-state index in [1.807, 2.05) is 32.0 Å². The van der Waals surface area contributed by atoms with Crippen molar-refractivity contribution in [3.63, 3.8) is 0 Å². The number of nitrogens with one attached hydrogen (secondary N) is 2. The number of hydrogen-bond donors (Lipinski definition) is 2.